The number of aryl methyl sites for hydroxylation is 1. The van der Waals surface area contributed by atoms with E-state index in [1.54, 1.807) is 72.4 Å². The molecule has 0 saturated heterocycles. The molecule has 8 nitrogen and oxygen atoms in total. The lowest BCUT2D eigenvalue weighted by atomic mass is 10.1. The van der Waals surface area contributed by atoms with Crippen LogP contribution in [0.5, 0.6) is 11.5 Å². The maximum Gasteiger partial charge on any atom is 0.258 e. The summed E-state index contributed by atoms with van der Waals surface area (Å²) in [6.07, 6.45) is 4.99. The molecular weight excluding hydrogens is 461 g/mol. The van der Waals surface area contributed by atoms with Gasteiger partial charge in [-0.1, -0.05) is 12.1 Å². The number of ether oxygens (including phenoxy) is 1. The summed E-state index contributed by atoms with van der Waals surface area (Å²) in [5.74, 6) is -0.0683. The van der Waals surface area contributed by atoms with E-state index in [4.69, 9.17) is 10.00 Å². The van der Waals surface area contributed by atoms with Crippen LogP contribution in [0.1, 0.15) is 37.4 Å². The molecule has 0 aliphatic rings. The Hall–Kier alpha value is -4.97. The fraction of sp³-hybridized carbons (Fsp3) is 0.111. The number of carbonyl (C=O) groups is 2. The van der Waals surface area contributed by atoms with E-state index >= 15 is 0 Å². The van der Waals surface area contributed by atoms with Crippen LogP contribution < -0.4 is 15.4 Å². The Morgan fingerprint density at radius 3 is 2.69 bits per heavy atom. The maximum absolute atomic E-state index is 13.8. The number of nitriles is 1. The Morgan fingerprint density at radius 1 is 1.14 bits per heavy atom. The number of anilines is 1. The lowest BCUT2D eigenvalue weighted by molar-refractivity contribution is 0.0949. The monoisotopic (exact) mass is 483 g/mol. The molecule has 0 atom stereocenters. The van der Waals surface area contributed by atoms with Crippen LogP contribution in [-0.2, 0) is 13.6 Å². The van der Waals surface area contributed by atoms with Crippen molar-refractivity contribution in [2.45, 2.75) is 13.5 Å². The Bertz CT molecular complexity index is 1490. The van der Waals surface area contributed by atoms with Crippen LogP contribution in [0.25, 0.3) is 0 Å². The number of rotatable bonds is 7. The van der Waals surface area contributed by atoms with Crippen LogP contribution in [0.2, 0.25) is 0 Å². The van der Waals surface area contributed by atoms with E-state index in [9.17, 15) is 14.0 Å². The third kappa shape index (κ3) is 5.56. The second-order valence-electron chi connectivity index (χ2n) is 8.04. The van der Waals surface area contributed by atoms with Crippen molar-refractivity contribution < 1.29 is 18.7 Å². The van der Waals surface area contributed by atoms with Crippen molar-refractivity contribution in [3.8, 4) is 17.6 Å². The standard InChI is InChI=1S/C27H22FN5O3/c1-17-22(27(35)31-15-18-6-7-19(14-29)23(28)12-18)4-3-5-24(17)36-21-8-10-30-25(13-21)32-26(34)20-9-11-33(2)16-20/h3-13,16H,15H2,1-2H3,(H,31,35)(H,30,32,34). The molecule has 2 aromatic heterocycles. The summed E-state index contributed by atoms with van der Waals surface area (Å²) in [5, 5.41) is 14.3. The van der Waals surface area contributed by atoms with Gasteiger partial charge in [0.25, 0.3) is 11.8 Å². The third-order valence-corrected chi connectivity index (χ3v) is 5.43. The summed E-state index contributed by atoms with van der Waals surface area (Å²) in [6, 6.07) is 16.0. The van der Waals surface area contributed by atoms with Crippen LogP contribution in [-0.4, -0.2) is 21.4 Å². The van der Waals surface area contributed by atoms with Crippen molar-refractivity contribution in [3.63, 3.8) is 0 Å². The summed E-state index contributed by atoms with van der Waals surface area (Å²) < 4.78 is 21.6. The average molecular weight is 484 g/mol. The molecule has 2 aromatic carbocycles. The molecule has 2 amide bonds. The van der Waals surface area contributed by atoms with Crippen molar-refractivity contribution in [3.05, 3.63) is 107 Å². The first kappa shape index (κ1) is 24.2. The van der Waals surface area contributed by atoms with Crippen molar-refractivity contribution in [1.82, 2.24) is 14.9 Å². The minimum atomic E-state index is -0.632. The van der Waals surface area contributed by atoms with E-state index in [2.05, 4.69) is 15.6 Å². The summed E-state index contributed by atoms with van der Waals surface area (Å²) in [7, 11) is 1.83. The van der Waals surface area contributed by atoms with Crippen LogP contribution in [0.3, 0.4) is 0 Å². The molecular formula is C27H22FN5O3. The van der Waals surface area contributed by atoms with Gasteiger partial charge in [-0.15, -0.1) is 0 Å². The van der Waals surface area contributed by atoms with Crippen molar-refractivity contribution in [2.24, 2.45) is 7.05 Å². The molecule has 0 bridgehead atoms. The number of nitrogens with zero attached hydrogens (tertiary/aromatic N) is 3. The number of aromatic nitrogens is 2. The summed E-state index contributed by atoms with van der Waals surface area (Å²) >= 11 is 0. The van der Waals surface area contributed by atoms with Gasteiger partial charge in [0.2, 0.25) is 0 Å². The lowest BCUT2D eigenvalue weighted by Gasteiger charge is -2.13. The number of hydrogen-bond acceptors (Lipinski definition) is 5. The fourth-order valence-electron chi connectivity index (χ4n) is 3.50. The van der Waals surface area contributed by atoms with Crippen LogP contribution in [0.4, 0.5) is 10.2 Å². The Labute approximate surface area is 207 Å². The SMILES string of the molecule is Cc1c(Oc2ccnc(NC(=O)c3ccn(C)c3)c2)cccc1C(=O)NCc1ccc(C#N)c(F)c1. The molecule has 2 heterocycles. The molecule has 0 radical (unpaired) electrons. The number of hydrogen-bond donors (Lipinski definition) is 2. The predicted molar refractivity (Wildman–Crippen MR) is 131 cm³/mol. The van der Waals surface area contributed by atoms with E-state index in [-0.39, 0.29) is 23.9 Å². The maximum atomic E-state index is 13.8. The fourth-order valence-corrected chi connectivity index (χ4v) is 3.50. The van der Waals surface area contributed by atoms with Crippen LogP contribution in [0, 0.1) is 24.1 Å². The van der Waals surface area contributed by atoms with Gasteiger partial charge in [-0.05, 0) is 48.9 Å². The number of halogens is 1. The van der Waals surface area contributed by atoms with Crippen molar-refractivity contribution in [1.29, 1.82) is 5.26 Å². The molecule has 0 aliphatic heterocycles. The first-order valence-electron chi connectivity index (χ1n) is 11.0. The second kappa shape index (κ2) is 10.5. The van der Waals surface area contributed by atoms with Crippen LogP contribution >= 0.6 is 0 Å². The molecule has 0 unspecified atom stereocenters. The largest absolute Gasteiger partial charge is 0.457 e. The molecule has 4 rings (SSSR count). The number of nitrogens with one attached hydrogen (secondary N) is 2. The summed E-state index contributed by atoms with van der Waals surface area (Å²) in [6.45, 7) is 1.85. The zero-order valence-electron chi connectivity index (χ0n) is 19.6. The summed E-state index contributed by atoms with van der Waals surface area (Å²) in [4.78, 5) is 29.4. The predicted octanol–water partition coefficient (Wildman–Crippen LogP) is 4.71. The van der Waals surface area contributed by atoms with E-state index < -0.39 is 5.82 Å². The molecule has 2 N–H and O–H groups in total. The van der Waals surface area contributed by atoms with Crippen LogP contribution in [0.15, 0.2) is 73.2 Å². The minimum Gasteiger partial charge on any atom is -0.457 e. The quantitative estimate of drug-likeness (QED) is 0.396. The molecule has 36 heavy (non-hydrogen) atoms. The minimum absolute atomic E-state index is 0.0512. The first-order valence-corrected chi connectivity index (χ1v) is 11.0. The topological polar surface area (TPSA) is 109 Å². The highest BCUT2D eigenvalue weighted by Gasteiger charge is 2.14. The molecule has 0 spiro atoms. The molecule has 9 heteroatoms. The molecule has 4 aromatic rings. The Kier molecular flexibility index (Phi) is 7.07. The number of carbonyl (C=O) groups excluding carboxylic acids is 2. The zero-order chi connectivity index (χ0) is 25.7. The van der Waals surface area contributed by atoms with Gasteiger partial charge in [0.1, 0.15) is 29.2 Å². The molecule has 0 aliphatic carbocycles. The second-order valence-corrected chi connectivity index (χ2v) is 8.04. The van der Waals surface area contributed by atoms with Crippen molar-refractivity contribution >= 4 is 17.6 Å². The highest BCUT2D eigenvalue weighted by Crippen LogP contribution is 2.28. The molecule has 180 valence electrons. The normalized spacial score (nSPS) is 10.4. The molecule has 0 fully saturated rings. The van der Waals surface area contributed by atoms with Gasteiger partial charge in [0.15, 0.2) is 0 Å². The smallest absolute Gasteiger partial charge is 0.258 e. The van der Waals surface area contributed by atoms with Gasteiger partial charge in [-0.3, -0.25) is 9.59 Å². The van der Waals surface area contributed by atoms with E-state index in [0.29, 0.717) is 39.6 Å². The van der Waals surface area contributed by atoms with E-state index in [1.165, 1.54) is 18.3 Å². The number of pyridine rings is 1. The van der Waals surface area contributed by atoms with Crippen molar-refractivity contribution in [2.75, 3.05) is 5.32 Å². The van der Waals surface area contributed by atoms with Gasteiger partial charge in [0.05, 0.1) is 11.1 Å². The molecule has 0 saturated carbocycles. The van der Waals surface area contributed by atoms with Gasteiger partial charge < -0.3 is 19.9 Å². The number of benzene rings is 2. The van der Waals surface area contributed by atoms with Gasteiger partial charge in [0, 0.05) is 49.4 Å². The Balaban J connectivity index is 1.44. The van der Waals surface area contributed by atoms with E-state index in [1.807, 2.05) is 7.05 Å². The zero-order valence-corrected chi connectivity index (χ0v) is 19.6. The van der Waals surface area contributed by atoms with Gasteiger partial charge >= 0.3 is 0 Å². The van der Waals surface area contributed by atoms with Gasteiger partial charge in [-0.25, -0.2) is 9.37 Å². The Morgan fingerprint density at radius 2 is 1.97 bits per heavy atom. The highest BCUT2D eigenvalue weighted by molar-refractivity contribution is 6.03. The summed E-state index contributed by atoms with van der Waals surface area (Å²) in [5.41, 5.74) is 1.99. The first-order chi connectivity index (χ1) is 17.3. The average Bonchev–Trinajstić information content (AvgIpc) is 3.30. The van der Waals surface area contributed by atoms with E-state index in [0.717, 1.165) is 0 Å². The van der Waals surface area contributed by atoms with Gasteiger partial charge in [-0.2, -0.15) is 5.26 Å². The number of amides is 2. The highest BCUT2D eigenvalue weighted by atomic mass is 19.1. The third-order valence-electron chi connectivity index (χ3n) is 5.43. The lowest BCUT2D eigenvalue weighted by Crippen LogP contribution is -2.23.